The van der Waals surface area contributed by atoms with Crippen LogP contribution in [-0.2, 0) is 0 Å². The first-order chi connectivity index (χ1) is 9.22. The zero-order chi connectivity index (χ0) is 13.7. The number of phenols is 1. The van der Waals surface area contributed by atoms with Gasteiger partial charge >= 0.3 is 0 Å². The summed E-state index contributed by atoms with van der Waals surface area (Å²) in [6.07, 6.45) is 4.40. The molecule has 0 radical (unpaired) electrons. The molecule has 98 valence electrons. The monoisotopic (exact) mass is 278 g/mol. The number of hydrazone groups is 1. The predicted octanol–water partition coefficient (Wildman–Crippen LogP) is 2.29. The Balaban J connectivity index is 2.14. The molecular formula is C12H11ClN4O2. The number of nitrogens with one attached hydrogen (secondary N) is 1. The summed E-state index contributed by atoms with van der Waals surface area (Å²) in [5, 5.41) is 14.0. The second kappa shape index (κ2) is 6.01. The largest absolute Gasteiger partial charge is 0.504 e. The van der Waals surface area contributed by atoms with Crippen molar-refractivity contribution in [3.8, 4) is 11.5 Å². The molecule has 0 unspecified atom stereocenters. The van der Waals surface area contributed by atoms with Crippen LogP contribution in [0.4, 0.5) is 5.82 Å². The number of aromatic hydroxyl groups is 1. The highest BCUT2D eigenvalue weighted by atomic mass is 35.5. The van der Waals surface area contributed by atoms with Crippen LogP contribution in [0.15, 0.2) is 35.7 Å². The van der Waals surface area contributed by atoms with E-state index in [1.165, 1.54) is 25.7 Å². The summed E-state index contributed by atoms with van der Waals surface area (Å²) < 4.78 is 4.99. The third kappa shape index (κ3) is 3.11. The van der Waals surface area contributed by atoms with E-state index in [0.29, 0.717) is 17.1 Å². The molecule has 0 aliphatic carbocycles. The molecule has 1 heterocycles. The van der Waals surface area contributed by atoms with Gasteiger partial charge in [0.15, 0.2) is 22.5 Å². The predicted molar refractivity (Wildman–Crippen MR) is 72.9 cm³/mol. The van der Waals surface area contributed by atoms with Gasteiger partial charge in [-0.3, -0.25) is 5.43 Å². The molecule has 0 aliphatic heterocycles. The molecule has 0 bridgehead atoms. The number of ether oxygens (including phenoxy) is 1. The average molecular weight is 279 g/mol. The lowest BCUT2D eigenvalue weighted by atomic mass is 10.2. The molecule has 2 rings (SSSR count). The maximum Gasteiger partial charge on any atom is 0.184 e. The molecule has 2 N–H and O–H groups in total. The zero-order valence-corrected chi connectivity index (χ0v) is 10.8. The summed E-state index contributed by atoms with van der Waals surface area (Å²) in [6, 6.07) is 5.09. The van der Waals surface area contributed by atoms with Gasteiger partial charge in [-0.05, 0) is 12.1 Å². The molecule has 1 aromatic heterocycles. The third-order valence-corrected chi connectivity index (χ3v) is 2.55. The van der Waals surface area contributed by atoms with Crippen LogP contribution in [0.25, 0.3) is 0 Å². The average Bonchev–Trinajstić information content (AvgIpc) is 2.43. The van der Waals surface area contributed by atoms with Crippen molar-refractivity contribution in [2.75, 3.05) is 12.5 Å². The van der Waals surface area contributed by atoms with Crippen LogP contribution in [0.1, 0.15) is 5.56 Å². The molecule has 2 aromatic rings. The van der Waals surface area contributed by atoms with Gasteiger partial charge in [-0.25, -0.2) is 9.97 Å². The number of para-hydroxylation sites is 1. The van der Waals surface area contributed by atoms with E-state index in [4.69, 9.17) is 16.3 Å². The van der Waals surface area contributed by atoms with Gasteiger partial charge in [0.2, 0.25) is 0 Å². The second-order valence-corrected chi connectivity index (χ2v) is 3.82. The second-order valence-electron chi connectivity index (χ2n) is 3.46. The Morgan fingerprint density at radius 1 is 1.37 bits per heavy atom. The summed E-state index contributed by atoms with van der Waals surface area (Å²) in [5.41, 5.74) is 3.14. The number of nitrogens with zero attached hydrogens (tertiary/aromatic N) is 3. The topological polar surface area (TPSA) is 79.6 Å². The molecule has 0 aliphatic rings. The number of hydrogen-bond acceptors (Lipinski definition) is 6. The van der Waals surface area contributed by atoms with Gasteiger partial charge in [0.25, 0.3) is 0 Å². The quantitative estimate of drug-likeness (QED) is 0.662. The number of methoxy groups -OCH3 is 1. The molecular weight excluding hydrogens is 268 g/mol. The lowest BCUT2D eigenvalue weighted by Gasteiger charge is -2.05. The standard InChI is InChI=1S/C12H11ClN4O2/c1-19-9-4-2-3-8(10(9)18)7-16-17-12-11(13)14-5-6-15-12/h2-7,18H,1H3,(H,15,17)/b16-7+. The van der Waals surface area contributed by atoms with E-state index in [1.807, 2.05) is 0 Å². The molecule has 1 aromatic carbocycles. The van der Waals surface area contributed by atoms with E-state index in [9.17, 15) is 5.11 Å². The molecule has 0 amide bonds. The van der Waals surface area contributed by atoms with Crippen molar-refractivity contribution in [3.05, 3.63) is 41.3 Å². The number of rotatable bonds is 4. The Hall–Kier alpha value is -2.34. The highest BCUT2D eigenvalue weighted by Crippen LogP contribution is 2.28. The van der Waals surface area contributed by atoms with Gasteiger partial charge in [0.05, 0.1) is 13.3 Å². The first-order valence-corrected chi connectivity index (χ1v) is 5.71. The first kappa shape index (κ1) is 13.1. The van der Waals surface area contributed by atoms with Crippen molar-refractivity contribution in [3.63, 3.8) is 0 Å². The number of halogens is 1. The Morgan fingerprint density at radius 3 is 2.89 bits per heavy atom. The number of hydrogen-bond donors (Lipinski definition) is 2. The Kier molecular flexibility index (Phi) is 4.15. The van der Waals surface area contributed by atoms with Gasteiger partial charge in [0.1, 0.15) is 0 Å². The van der Waals surface area contributed by atoms with Crippen LogP contribution < -0.4 is 10.2 Å². The molecule has 0 saturated heterocycles. The Morgan fingerprint density at radius 2 is 2.16 bits per heavy atom. The minimum Gasteiger partial charge on any atom is -0.504 e. The van der Waals surface area contributed by atoms with Crippen LogP contribution in [0.5, 0.6) is 11.5 Å². The van der Waals surface area contributed by atoms with Crippen molar-refractivity contribution >= 4 is 23.6 Å². The van der Waals surface area contributed by atoms with E-state index < -0.39 is 0 Å². The van der Waals surface area contributed by atoms with Crippen LogP contribution >= 0.6 is 11.6 Å². The summed E-state index contributed by atoms with van der Waals surface area (Å²) in [5.74, 6) is 0.727. The minimum absolute atomic E-state index is 0.0146. The first-order valence-electron chi connectivity index (χ1n) is 5.34. The van der Waals surface area contributed by atoms with Crippen molar-refractivity contribution in [1.29, 1.82) is 0 Å². The number of anilines is 1. The smallest absolute Gasteiger partial charge is 0.184 e. The number of aromatic nitrogens is 2. The van der Waals surface area contributed by atoms with Crippen LogP contribution in [0, 0.1) is 0 Å². The van der Waals surface area contributed by atoms with Gasteiger partial charge in [-0.1, -0.05) is 17.7 Å². The van der Waals surface area contributed by atoms with Gasteiger partial charge in [-0.2, -0.15) is 5.10 Å². The normalized spacial score (nSPS) is 10.6. The summed E-state index contributed by atoms with van der Waals surface area (Å²) in [6.45, 7) is 0. The van der Waals surface area contributed by atoms with Crippen molar-refractivity contribution in [2.24, 2.45) is 5.10 Å². The van der Waals surface area contributed by atoms with Gasteiger partial charge < -0.3 is 9.84 Å². The fourth-order valence-electron chi connectivity index (χ4n) is 1.37. The number of benzene rings is 1. The van der Waals surface area contributed by atoms with Gasteiger partial charge in [0, 0.05) is 18.0 Å². The minimum atomic E-state index is 0.0146. The van der Waals surface area contributed by atoms with E-state index in [0.717, 1.165) is 0 Å². The third-order valence-electron chi connectivity index (χ3n) is 2.28. The maximum atomic E-state index is 9.84. The lowest BCUT2D eigenvalue weighted by molar-refractivity contribution is 0.373. The molecule has 0 saturated carbocycles. The lowest BCUT2D eigenvalue weighted by Crippen LogP contribution is -1.96. The molecule has 0 atom stereocenters. The van der Waals surface area contributed by atoms with E-state index in [-0.39, 0.29) is 10.9 Å². The molecule has 0 fully saturated rings. The molecule has 7 heteroatoms. The molecule has 0 spiro atoms. The van der Waals surface area contributed by atoms with E-state index in [2.05, 4.69) is 20.5 Å². The van der Waals surface area contributed by atoms with E-state index >= 15 is 0 Å². The fourth-order valence-corrected chi connectivity index (χ4v) is 1.51. The van der Waals surface area contributed by atoms with Gasteiger partial charge in [-0.15, -0.1) is 0 Å². The Bertz CT molecular complexity index is 604. The van der Waals surface area contributed by atoms with E-state index in [1.54, 1.807) is 18.2 Å². The van der Waals surface area contributed by atoms with Crippen LogP contribution in [-0.4, -0.2) is 28.4 Å². The molecule has 19 heavy (non-hydrogen) atoms. The summed E-state index contributed by atoms with van der Waals surface area (Å²) >= 11 is 5.81. The summed E-state index contributed by atoms with van der Waals surface area (Å²) in [7, 11) is 1.48. The van der Waals surface area contributed by atoms with Crippen molar-refractivity contribution < 1.29 is 9.84 Å². The summed E-state index contributed by atoms with van der Waals surface area (Å²) in [4.78, 5) is 7.81. The van der Waals surface area contributed by atoms with Crippen LogP contribution in [0.2, 0.25) is 5.15 Å². The zero-order valence-electron chi connectivity index (χ0n) is 10.0. The van der Waals surface area contributed by atoms with Crippen LogP contribution in [0.3, 0.4) is 0 Å². The van der Waals surface area contributed by atoms with Crippen molar-refractivity contribution in [1.82, 2.24) is 9.97 Å². The maximum absolute atomic E-state index is 9.84. The number of phenolic OH excluding ortho intramolecular Hbond substituents is 1. The van der Waals surface area contributed by atoms with Crippen molar-refractivity contribution in [2.45, 2.75) is 0 Å². The SMILES string of the molecule is COc1cccc(/C=N/Nc2nccnc2Cl)c1O. The highest BCUT2D eigenvalue weighted by Gasteiger charge is 2.05. The molecule has 6 nitrogen and oxygen atoms in total. The Labute approximate surface area is 114 Å². The highest BCUT2D eigenvalue weighted by molar-refractivity contribution is 6.31. The fraction of sp³-hybridized carbons (Fsp3) is 0.0833.